The second-order valence-electron chi connectivity index (χ2n) is 22.0. The number of pyridine rings is 2. The van der Waals surface area contributed by atoms with Gasteiger partial charge in [-0.25, -0.2) is 0 Å². The van der Waals surface area contributed by atoms with Crippen LogP contribution < -0.4 is 9.80 Å². The molecule has 0 aliphatic heterocycles. The number of carbonyl (C=O) groups is 2. The van der Waals surface area contributed by atoms with E-state index in [0.29, 0.717) is 0 Å². The normalized spacial score (nSPS) is 10.6. The van der Waals surface area contributed by atoms with Gasteiger partial charge in [-0.05, 0) is 166 Å². The van der Waals surface area contributed by atoms with Crippen LogP contribution in [0.1, 0.15) is 33.3 Å². The van der Waals surface area contributed by atoms with Gasteiger partial charge in [0.1, 0.15) is 0 Å². The van der Waals surface area contributed by atoms with E-state index in [4.69, 9.17) is 16.6 Å². The van der Waals surface area contributed by atoms with Gasteiger partial charge in [-0.3, -0.25) is 19.7 Å². The molecule has 12 heteroatoms. The number of ketones is 2. The monoisotopic (exact) mass is 1640 g/mol. The molecule has 0 amide bonds. The van der Waals surface area contributed by atoms with Crippen molar-refractivity contribution in [2.75, 3.05) is 9.80 Å². The molecule has 486 valence electrons. The molecule has 12 aromatic carbocycles. The van der Waals surface area contributed by atoms with Gasteiger partial charge in [0.05, 0.1) is 28.4 Å². The van der Waals surface area contributed by atoms with Crippen LogP contribution in [0.4, 0.5) is 34.1 Å². The smallest absolute Gasteiger partial charge is 0.192 e. The van der Waals surface area contributed by atoms with Crippen molar-refractivity contribution in [3.8, 4) is 33.6 Å². The van der Waals surface area contributed by atoms with E-state index in [1.807, 2.05) is 91.1 Å². The second-order valence-corrected chi connectivity index (χ2v) is 22.0. The number of allylic oxidation sites excluding steroid dienone is 4. The third-order valence-electron chi connectivity index (χ3n) is 15.0. The maximum absolute atomic E-state index is 10.0. The number of aryl methyl sites for hydroxylation is 1. The number of fused-ring (bicyclic) bond motifs is 4. The van der Waals surface area contributed by atoms with Crippen LogP contribution in [0.5, 0.6) is 0 Å². The summed E-state index contributed by atoms with van der Waals surface area (Å²) in [5.41, 5.74) is 15.5. The summed E-state index contributed by atoms with van der Waals surface area (Å²) in [6.07, 6.45) is 4.18. The van der Waals surface area contributed by atoms with Crippen LogP contribution in [0.25, 0.3) is 76.9 Å². The number of aliphatic hydroxyl groups is 2. The topological polar surface area (TPSA) is 131 Å². The number of hydrogen-bond donors (Lipinski definition) is 3. The van der Waals surface area contributed by atoms with Crippen molar-refractivity contribution < 1.29 is 61.4 Å². The van der Waals surface area contributed by atoms with Gasteiger partial charge in [-0.2, -0.15) is 0 Å². The Labute approximate surface area is 599 Å². The second kappa shape index (κ2) is 37.5. The molecule has 2 radical (unpaired) electrons. The summed E-state index contributed by atoms with van der Waals surface area (Å²) in [5, 5.41) is 27.8. The van der Waals surface area contributed by atoms with Crippen LogP contribution >= 0.6 is 9.03 Å². The molecule has 0 aliphatic rings. The van der Waals surface area contributed by atoms with Gasteiger partial charge >= 0.3 is 0 Å². The summed E-state index contributed by atoms with van der Waals surface area (Å²) in [6, 6.07) is 112. The molecular weight excluding hydrogens is 1570 g/mol. The molecule has 0 spiro atoms. The summed E-state index contributed by atoms with van der Waals surface area (Å²) >= 11 is 0. The van der Waals surface area contributed by atoms with Gasteiger partial charge < -0.3 is 25.0 Å². The number of para-hydroxylation sites is 3. The predicted molar refractivity (Wildman–Crippen MR) is 398 cm³/mol. The fourth-order valence-corrected chi connectivity index (χ4v) is 10.9. The SMILES string of the molecule is CC(=O)C=C(C)O.CC(=O)C=C(C)O.Cc1cc2ccccc2nc1-c1[c-]cccc1.[2H]N=P.[Ir].[Ir].[c-]1ccccc1-c1nccc2ccccc12.c1ccc(N(c2ccc(-c3ccc(N(c4ccccc4)c4cccc5ccccc45)cc3)cc2)c2cccc3ccccc23)cc1. The van der Waals surface area contributed by atoms with E-state index in [1.165, 1.54) is 94.2 Å². The molecule has 0 saturated carbocycles. The quantitative estimate of drug-likeness (QED) is 0.0505. The standard InChI is InChI=1S/C44H32N2.C16H12N.C15H10N.2C5H8O2.2Ir.H2NP/c1-3-17-37(18-4-1)45(43-23-11-15-35-13-7-9-21-41(35)43)39-29-25-33(26-30-39)34-27-31-40(32-28-34)46(38-19-5-2-6-20-38)44-24-12-16-36-14-8-10-22-42(36)44;1-12-11-14-9-5-6-10-15(14)17-16(12)13-7-3-2-4-8-13;1-2-7-13(8-3-1)15-14-9-5-4-6-12(14)10-11-16-15;2*1-4(6)3-5(2)7;;;1-2/h1-32H;2-7,9-11H,1H3;1-7,9-11H;2*3,6H,1-2H3;;;1-2H/q;2*-1;;;;;/i/hD. The number of aliphatic hydroxyl groups excluding tert-OH is 2. The molecule has 14 rings (SSSR count). The number of carbonyl (C=O) groups excluding carboxylic acids is 2. The number of benzene rings is 12. The van der Waals surface area contributed by atoms with E-state index in [-0.39, 0.29) is 63.3 Å². The average molecular weight is 1640 g/mol. The van der Waals surface area contributed by atoms with Gasteiger partial charge in [-0.15, -0.1) is 71.8 Å². The zero-order chi connectivity index (χ0) is 67.6. The fourth-order valence-electron chi connectivity index (χ4n) is 10.9. The molecule has 0 bridgehead atoms. The molecule has 9 nitrogen and oxygen atoms in total. The van der Waals surface area contributed by atoms with Gasteiger partial charge in [0.25, 0.3) is 0 Å². The average Bonchev–Trinajstić information content (AvgIpc) is 0.793. The van der Waals surface area contributed by atoms with Crippen LogP contribution in [0.15, 0.2) is 333 Å². The molecule has 14 aromatic rings. The van der Waals surface area contributed by atoms with Crippen LogP contribution in [-0.4, -0.2) is 31.7 Å². The first-order valence-corrected chi connectivity index (χ1v) is 31.3. The summed E-state index contributed by atoms with van der Waals surface area (Å²) < 4.78 is 5.75. The van der Waals surface area contributed by atoms with Crippen molar-refractivity contribution >= 4 is 97.9 Å². The molecule has 97 heavy (non-hydrogen) atoms. The number of anilines is 6. The summed E-state index contributed by atoms with van der Waals surface area (Å²) in [4.78, 5) is 33.9. The Morgan fingerprint density at radius 1 is 0.433 bits per heavy atom. The molecule has 0 saturated heterocycles. The summed E-state index contributed by atoms with van der Waals surface area (Å²) in [5.74, 6) is -0.125. The van der Waals surface area contributed by atoms with E-state index < -0.39 is 0 Å². The molecule has 0 unspecified atom stereocenters. The zero-order valence-corrected chi connectivity index (χ0v) is 60.0. The maximum Gasteiger partial charge on any atom is 0.192 e. The zero-order valence-electron chi connectivity index (χ0n) is 55.2. The first kappa shape index (κ1) is 72.2. The van der Waals surface area contributed by atoms with Crippen molar-refractivity contribution in [3.63, 3.8) is 0 Å². The van der Waals surface area contributed by atoms with E-state index in [2.05, 4.69) is 266 Å². The molecule has 3 N–H and O–H groups in total. The summed E-state index contributed by atoms with van der Waals surface area (Å²) in [6.45, 7) is 7.79. The third-order valence-corrected chi connectivity index (χ3v) is 15.0. The van der Waals surface area contributed by atoms with E-state index in [0.717, 1.165) is 62.2 Å². The molecule has 0 fully saturated rings. The first-order chi connectivity index (χ1) is 46.8. The Morgan fingerprint density at radius 2 is 0.794 bits per heavy atom. The van der Waals surface area contributed by atoms with Crippen molar-refractivity contribution in [2.24, 2.45) is 0 Å². The van der Waals surface area contributed by atoms with Crippen LogP contribution in [0.3, 0.4) is 0 Å². The molecule has 2 heterocycles. The Hall–Kier alpha value is -10.6. The van der Waals surface area contributed by atoms with E-state index in [1.54, 1.807) is 0 Å². The molecule has 0 atom stereocenters. The predicted octanol–water partition coefficient (Wildman–Crippen LogP) is 23.3. The van der Waals surface area contributed by atoms with Gasteiger partial charge in [0.15, 0.2) is 13.0 Å². The fraction of sp³-hybridized carbons (Fsp3) is 0.0588. The van der Waals surface area contributed by atoms with Crippen LogP contribution in [0, 0.1) is 24.2 Å². The number of nitrogens with one attached hydrogen (secondary N) is 1. The van der Waals surface area contributed by atoms with Gasteiger partial charge in [-0.1, -0.05) is 188 Å². The molecule has 0 aliphatic carbocycles. The minimum atomic E-state index is -0.125. The van der Waals surface area contributed by atoms with Gasteiger partial charge in [0, 0.05) is 92.1 Å². The van der Waals surface area contributed by atoms with Crippen molar-refractivity contribution in [1.82, 2.24) is 9.97 Å². The van der Waals surface area contributed by atoms with E-state index >= 15 is 0 Å². The Bertz CT molecular complexity index is 4720. The number of rotatable bonds is 11. The molecular formula is C85H72Ir2N5O4P-2. The number of aromatic nitrogens is 2. The first-order valence-electron chi connectivity index (χ1n) is 31.3. The van der Waals surface area contributed by atoms with Crippen molar-refractivity contribution in [1.29, 1.82) is 5.15 Å². The van der Waals surface area contributed by atoms with Crippen LogP contribution in [-0.2, 0) is 49.8 Å². The molecule has 2 aromatic heterocycles. The van der Waals surface area contributed by atoms with Gasteiger partial charge in [0.2, 0.25) is 0 Å². The maximum atomic E-state index is 10.0. The van der Waals surface area contributed by atoms with Crippen molar-refractivity contribution in [2.45, 2.75) is 34.6 Å². The Morgan fingerprint density at radius 3 is 1.21 bits per heavy atom. The Balaban J connectivity index is 0.000000211. The summed E-state index contributed by atoms with van der Waals surface area (Å²) in [7, 11) is 2.48. The number of nitrogens with zero attached hydrogens (tertiary/aromatic N) is 4. The van der Waals surface area contributed by atoms with Crippen LogP contribution in [0.2, 0.25) is 1.41 Å². The third kappa shape index (κ3) is 20.2. The minimum absolute atomic E-state index is 0. The van der Waals surface area contributed by atoms with E-state index in [9.17, 15) is 9.59 Å². The minimum Gasteiger partial charge on any atom is -0.512 e. The van der Waals surface area contributed by atoms with Crippen molar-refractivity contribution in [3.05, 3.63) is 351 Å². The Kier molecular flexibility index (Phi) is 27.9. The largest absolute Gasteiger partial charge is 0.512 e. The number of hydrogen-bond acceptors (Lipinski definition) is 9.